The summed E-state index contributed by atoms with van der Waals surface area (Å²) < 4.78 is 0. The van der Waals surface area contributed by atoms with Crippen LogP contribution < -0.4 is 21.3 Å². The first-order valence-corrected chi connectivity index (χ1v) is 11.6. The van der Waals surface area contributed by atoms with Crippen molar-refractivity contribution in [2.24, 2.45) is 0 Å². The second-order valence-corrected chi connectivity index (χ2v) is 8.17. The van der Waals surface area contributed by atoms with E-state index in [2.05, 4.69) is 27.7 Å². The van der Waals surface area contributed by atoms with Gasteiger partial charge in [-0.15, -0.1) is 0 Å². The van der Waals surface area contributed by atoms with E-state index in [9.17, 15) is 15.0 Å². The number of benzene rings is 2. The van der Waals surface area contributed by atoms with Crippen molar-refractivity contribution in [2.75, 3.05) is 47.4 Å². The van der Waals surface area contributed by atoms with Crippen molar-refractivity contribution in [3.05, 3.63) is 35.4 Å². The summed E-state index contributed by atoms with van der Waals surface area (Å²) >= 11 is 0. The van der Waals surface area contributed by atoms with Crippen LogP contribution in [0.4, 0.5) is 22.7 Å². The molecular weight excluding hydrogens is 404 g/mol. The molecule has 0 saturated carbocycles. The molecule has 0 aliphatic rings. The number of phenolic OH excluding ortho intramolecular Hbond substituents is 2. The molecule has 0 bridgehead atoms. The molecule has 0 spiro atoms. The Bertz CT molecular complexity index is 844. The highest BCUT2D eigenvalue weighted by Gasteiger charge is 2.21. The van der Waals surface area contributed by atoms with Gasteiger partial charge in [0.05, 0.1) is 22.7 Å². The molecule has 176 valence electrons. The molecule has 0 heterocycles. The minimum absolute atomic E-state index is 0.00794. The van der Waals surface area contributed by atoms with Crippen molar-refractivity contribution in [3.8, 4) is 11.5 Å². The third-order valence-corrected chi connectivity index (χ3v) is 5.42. The zero-order valence-electron chi connectivity index (χ0n) is 19.8. The van der Waals surface area contributed by atoms with E-state index in [1.54, 1.807) is 12.1 Å². The van der Waals surface area contributed by atoms with Crippen molar-refractivity contribution in [3.63, 3.8) is 0 Å². The SMILES string of the molecule is CCCN(CCC)c1cc(C(=O)c2cc(N)c(O)c(N(CCC)CCC)c2)cc(N)c1O. The van der Waals surface area contributed by atoms with Gasteiger partial charge < -0.3 is 31.5 Å². The molecule has 0 radical (unpaired) electrons. The zero-order chi connectivity index (χ0) is 23.8. The highest BCUT2D eigenvalue weighted by molar-refractivity contribution is 6.11. The van der Waals surface area contributed by atoms with Gasteiger partial charge in [0.15, 0.2) is 17.3 Å². The second kappa shape index (κ2) is 11.5. The van der Waals surface area contributed by atoms with E-state index in [0.717, 1.165) is 51.9 Å². The van der Waals surface area contributed by atoms with Crippen LogP contribution in [0.3, 0.4) is 0 Å². The summed E-state index contributed by atoms with van der Waals surface area (Å²) in [6.07, 6.45) is 3.61. The molecule has 6 N–H and O–H groups in total. The number of carbonyl (C=O) groups excluding carboxylic acids is 1. The minimum Gasteiger partial charge on any atom is -0.504 e. The lowest BCUT2D eigenvalue weighted by atomic mass is 9.99. The van der Waals surface area contributed by atoms with Gasteiger partial charge in [0.2, 0.25) is 0 Å². The van der Waals surface area contributed by atoms with Crippen molar-refractivity contribution in [1.29, 1.82) is 0 Å². The molecule has 2 rings (SSSR count). The maximum Gasteiger partial charge on any atom is 0.193 e. The Labute approximate surface area is 191 Å². The molecule has 2 aromatic rings. The Balaban J connectivity index is 2.55. The largest absolute Gasteiger partial charge is 0.504 e. The molecule has 2 aromatic carbocycles. The first-order valence-electron chi connectivity index (χ1n) is 11.6. The van der Waals surface area contributed by atoms with Gasteiger partial charge in [0, 0.05) is 37.3 Å². The van der Waals surface area contributed by atoms with Crippen LogP contribution in [0.5, 0.6) is 11.5 Å². The Morgan fingerprint density at radius 2 is 1.00 bits per heavy atom. The molecule has 7 nitrogen and oxygen atoms in total. The molecule has 0 unspecified atom stereocenters. The predicted octanol–water partition coefficient (Wildman–Crippen LogP) is 4.75. The van der Waals surface area contributed by atoms with Crippen LogP contribution in [0.15, 0.2) is 24.3 Å². The highest BCUT2D eigenvalue weighted by Crippen LogP contribution is 2.38. The summed E-state index contributed by atoms with van der Waals surface area (Å²) in [6.45, 7) is 11.3. The van der Waals surface area contributed by atoms with E-state index in [1.807, 2.05) is 9.80 Å². The molecule has 32 heavy (non-hydrogen) atoms. The number of anilines is 4. The molecule has 0 saturated heterocycles. The standard InChI is InChI=1S/C25H38N4O3/c1-5-9-28(10-6-2)21-15-17(13-19(26)24(21)31)23(30)18-14-20(27)25(32)22(16-18)29(11-7-3)12-8-4/h13-16,31-32H,5-12,26-27H2,1-4H3. The highest BCUT2D eigenvalue weighted by atomic mass is 16.3. The lowest BCUT2D eigenvalue weighted by molar-refractivity contribution is 0.103. The summed E-state index contributed by atoms with van der Waals surface area (Å²) in [5, 5.41) is 21.2. The number of carbonyl (C=O) groups is 1. The summed E-state index contributed by atoms with van der Waals surface area (Å²) in [7, 11) is 0. The topological polar surface area (TPSA) is 116 Å². The van der Waals surface area contributed by atoms with Crippen molar-refractivity contribution < 1.29 is 15.0 Å². The van der Waals surface area contributed by atoms with E-state index in [4.69, 9.17) is 11.5 Å². The average Bonchev–Trinajstić information content (AvgIpc) is 2.76. The number of nitrogen functional groups attached to an aromatic ring is 2. The molecule has 0 aliphatic heterocycles. The van der Waals surface area contributed by atoms with Gasteiger partial charge in [0.25, 0.3) is 0 Å². The van der Waals surface area contributed by atoms with Crippen molar-refractivity contribution in [1.82, 2.24) is 0 Å². The second-order valence-electron chi connectivity index (χ2n) is 8.17. The van der Waals surface area contributed by atoms with Gasteiger partial charge in [-0.05, 0) is 49.9 Å². The van der Waals surface area contributed by atoms with Crippen LogP contribution in [0.2, 0.25) is 0 Å². The fraction of sp³-hybridized carbons (Fsp3) is 0.480. The quantitative estimate of drug-likeness (QED) is 0.213. The number of rotatable bonds is 12. The van der Waals surface area contributed by atoms with E-state index < -0.39 is 0 Å². The molecule has 7 heteroatoms. The Morgan fingerprint density at radius 3 is 1.28 bits per heavy atom. The lowest BCUT2D eigenvalue weighted by Crippen LogP contribution is -2.26. The number of hydrogen-bond donors (Lipinski definition) is 4. The van der Waals surface area contributed by atoms with Crippen molar-refractivity contribution in [2.45, 2.75) is 53.4 Å². The molecule has 0 atom stereocenters. The summed E-state index contributed by atoms with van der Waals surface area (Å²) in [6, 6.07) is 6.38. The molecular formula is C25H38N4O3. The first kappa shape index (κ1) is 25.2. The molecule has 0 aliphatic carbocycles. The molecule has 0 amide bonds. The van der Waals surface area contributed by atoms with Crippen LogP contribution in [-0.2, 0) is 0 Å². The Morgan fingerprint density at radius 1 is 0.688 bits per heavy atom. The third-order valence-electron chi connectivity index (χ3n) is 5.42. The zero-order valence-corrected chi connectivity index (χ0v) is 19.8. The third kappa shape index (κ3) is 5.58. The smallest absolute Gasteiger partial charge is 0.193 e. The van der Waals surface area contributed by atoms with Gasteiger partial charge in [-0.1, -0.05) is 27.7 Å². The fourth-order valence-corrected chi connectivity index (χ4v) is 3.98. The van der Waals surface area contributed by atoms with E-state index in [1.165, 1.54) is 12.1 Å². The van der Waals surface area contributed by atoms with Crippen LogP contribution >= 0.6 is 0 Å². The summed E-state index contributed by atoms with van der Waals surface area (Å²) in [5.41, 5.74) is 14.3. The number of hydrogen-bond acceptors (Lipinski definition) is 7. The minimum atomic E-state index is -0.258. The Hall–Kier alpha value is -3.09. The van der Waals surface area contributed by atoms with Crippen molar-refractivity contribution >= 4 is 28.5 Å². The Kier molecular flexibility index (Phi) is 9.05. The first-order chi connectivity index (χ1) is 15.3. The summed E-state index contributed by atoms with van der Waals surface area (Å²) in [4.78, 5) is 17.5. The predicted molar refractivity (Wildman–Crippen MR) is 134 cm³/mol. The van der Waals surface area contributed by atoms with Gasteiger partial charge >= 0.3 is 0 Å². The van der Waals surface area contributed by atoms with E-state index in [0.29, 0.717) is 22.5 Å². The fourth-order valence-electron chi connectivity index (χ4n) is 3.98. The normalized spacial score (nSPS) is 10.9. The number of phenols is 2. The summed E-state index contributed by atoms with van der Waals surface area (Å²) in [5.74, 6) is -0.273. The number of nitrogens with two attached hydrogens (primary N) is 2. The van der Waals surface area contributed by atoms with Gasteiger partial charge in [-0.2, -0.15) is 0 Å². The molecule has 0 aromatic heterocycles. The number of ketones is 1. The average molecular weight is 443 g/mol. The van der Waals surface area contributed by atoms with Gasteiger partial charge in [0.1, 0.15) is 0 Å². The van der Waals surface area contributed by atoms with Crippen LogP contribution in [0.1, 0.15) is 69.3 Å². The van der Waals surface area contributed by atoms with Crippen LogP contribution in [0, 0.1) is 0 Å². The maximum atomic E-state index is 13.4. The number of nitrogens with zero attached hydrogens (tertiary/aromatic N) is 2. The van der Waals surface area contributed by atoms with E-state index >= 15 is 0 Å². The van der Waals surface area contributed by atoms with Gasteiger partial charge in [-0.25, -0.2) is 0 Å². The lowest BCUT2D eigenvalue weighted by Gasteiger charge is -2.26. The van der Waals surface area contributed by atoms with Gasteiger partial charge in [-0.3, -0.25) is 4.79 Å². The molecule has 0 fully saturated rings. The monoisotopic (exact) mass is 442 g/mol. The van der Waals surface area contributed by atoms with Crippen LogP contribution in [-0.4, -0.2) is 42.2 Å². The van der Waals surface area contributed by atoms with E-state index in [-0.39, 0.29) is 28.7 Å². The maximum absolute atomic E-state index is 13.4. The van der Waals surface area contributed by atoms with Crippen LogP contribution in [0.25, 0.3) is 0 Å². The number of aromatic hydroxyl groups is 2.